The maximum atomic E-state index is 12.2. The van der Waals surface area contributed by atoms with Crippen LogP contribution in [0.25, 0.3) is 0 Å². The minimum atomic E-state index is -0.0240. The maximum absolute atomic E-state index is 12.2. The van der Waals surface area contributed by atoms with Crippen LogP contribution in [-0.4, -0.2) is 29.0 Å². The first-order valence-electron chi connectivity index (χ1n) is 7.11. The van der Waals surface area contributed by atoms with Crippen LogP contribution in [0.5, 0.6) is 0 Å². The van der Waals surface area contributed by atoms with Gasteiger partial charge in [0.05, 0.1) is 17.2 Å². The van der Waals surface area contributed by atoms with Gasteiger partial charge in [0.2, 0.25) is 0 Å². The number of urea groups is 1. The molecule has 1 heterocycles. The largest absolute Gasteiger partial charge is 0.335 e. The number of nitrogens with zero attached hydrogens (tertiary/aromatic N) is 2. The summed E-state index contributed by atoms with van der Waals surface area (Å²) in [6.07, 6.45) is 1.03. The van der Waals surface area contributed by atoms with Crippen LogP contribution in [0.15, 0.2) is 35.7 Å². The molecule has 3 rings (SSSR count). The number of nitrogens with one attached hydrogen (secondary N) is 1. The molecule has 1 aromatic heterocycles. The SMILES string of the molecule is Cc1nc(CN(C)C(=O)N[C@H]2C[C@H]2c2ccccc2)cs1. The average Bonchev–Trinajstić information content (AvgIpc) is 3.13. The Labute approximate surface area is 128 Å². The van der Waals surface area contributed by atoms with Gasteiger partial charge in [0.1, 0.15) is 0 Å². The minimum Gasteiger partial charge on any atom is -0.335 e. The molecule has 2 aromatic rings. The number of aromatic nitrogens is 1. The van der Waals surface area contributed by atoms with Gasteiger partial charge in [0.25, 0.3) is 0 Å². The van der Waals surface area contributed by atoms with Gasteiger partial charge in [-0.3, -0.25) is 0 Å². The third-order valence-electron chi connectivity index (χ3n) is 3.74. The Morgan fingerprint density at radius 1 is 1.43 bits per heavy atom. The third-order valence-corrected chi connectivity index (χ3v) is 4.56. The molecule has 0 radical (unpaired) electrons. The Kier molecular flexibility index (Phi) is 3.92. The van der Waals surface area contributed by atoms with E-state index in [1.165, 1.54) is 5.56 Å². The molecule has 0 saturated heterocycles. The number of hydrogen-bond donors (Lipinski definition) is 1. The van der Waals surface area contributed by atoms with Crippen LogP contribution in [0.1, 0.15) is 28.6 Å². The van der Waals surface area contributed by atoms with Gasteiger partial charge >= 0.3 is 6.03 Å². The van der Waals surface area contributed by atoms with E-state index in [0.29, 0.717) is 12.5 Å². The Morgan fingerprint density at radius 2 is 2.19 bits per heavy atom. The van der Waals surface area contributed by atoms with Crippen LogP contribution in [0.3, 0.4) is 0 Å². The summed E-state index contributed by atoms with van der Waals surface area (Å²) < 4.78 is 0. The van der Waals surface area contributed by atoms with Gasteiger partial charge in [0.15, 0.2) is 0 Å². The number of thiazole rings is 1. The second-order valence-electron chi connectivity index (χ2n) is 5.52. The summed E-state index contributed by atoms with van der Waals surface area (Å²) in [5, 5.41) is 6.13. The predicted molar refractivity (Wildman–Crippen MR) is 84.4 cm³/mol. The first-order chi connectivity index (χ1) is 10.1. The number of carbonyl (C=O) groups is 1. The van der Waals surface area contributed by atoms with Gasteiger partial charge in [-0.25, -0.2) is 9.78 Å². The first-order valence-corrected chi connectivity index (χ1v) is 7.99. The smallest absolute Gasteiger partial charge is 0.317 e. The summed E-state index contributed by atoms with van der Waals surface area (Å²) in [7, 11) is 1.81. The maximum Gasteiger partial charge on any atom is 0.317 e. The van der Waals surface area contributed by atoms with Crippen molar-refractivity contribution in [3.05, 3.63) is 52.0 Å². The summed E-state index contributed by atoms with van der Waals surface area (Å²) in [6.45, 7) is 2.53. The number of benzene rings is 1. The lowest BCUT2D eigenvalue weighted by Crippen LogP contribution is -2.38. The highest BCUT2D eigenvalue weighted by atomic mass is 32.1. The molecule has 0 aliphatic heterocycles. The lowest BCUT2D eigenvalue weighted by molar-refractivity contribution is 0.205. The summed E-state index contributed by atoms with van der Waals surface area (Å²) in [4.78, 5) is 18.2. The van der Waals surface area contributed by atoms with E-state index < -0.39 is 0 Å². The van der Waals surface area contributed by atoms with Crippen LogP contribution in [0, 0.1) is 6.92 Å². The quantitative estimate of drug-likeness (QED) is 0.943. The first kappa shape index (κ1) is 14.1. The molecule has 110 valence electrons. The molecular weight excluding hydrogens is 282 g/mol. The molecule has 1 saturated carbocycles. The molecule has 4 nitrogen and oxygen atoms in total. The fourth-order valence-corrected chi connectivity index (χ4v) is 3.09. The Morgan fingerprint density at radius 3 is 2.86 bits per heavy atom. The van der Waals surface area contributed by atoms with Gasteiger partial charge in [-0.05, 0) is 18.9 Å². The zero-order chi connectivity index (χ0) is 14.8. The highest BCUT2D eigenvalue weighted by Gasteiger charge is 2.39. The van der Waals surface area contributed by atoms with Gasteiger partial charge in [-0.1, -0.05) is 30.3 Å². The molecule has 1 N–H and O–H groups in total. The van der Waals surface area contributed by atoms with E-state index in [2.05, 4.69) is 22.4 Å². The standard InChI is InChI=1S/C16H19N3OS/c1-11-17-13(10-21-11)9-19(2)16(20)18-15-8-14(15)12-6-4-3-5-7-12/h3-7,10,14-15H,8-9H2,1-2H3,(H,18,20)/t14-,15-/m0/s1. The van der Waals surface area contributed by atoms with Crippen molar-refractivity contribution in [3.8, 4) is 0 Å². The summed E-state index contributed by atoms with van der Waals surface area (Å²) in [5.41, 5.74) is 2.26. The van der Waals surface area contributed by atoms with Gasteiger partial charge < -0.3 is 10.2 Å². The number of aryl methyl sites for hydroxylation is 1. The number of hydrogen-bond acceptors (Lipinski definition) is 3. The molecule has 0 spiro atoms. The molecule has 2 atom stereocenters. The predicted octanol–water partition coefficient (Wildman–Crippen LogP) is 3.15. The van der Waals surface area contributed by atoms with Crippen molar-refractivity contribution in [3.63, 3.8) is 0 Å². The van der Waals surface area contributed by atoms with Gasteiger partial charge in [-0.2, -0.15) is 0 Å². The zero-order valence-corrected chi connectivity index (χ0v) is 13.1. The van der Waals surface area contributed by atoms with Crippen molar-refractivity contribution in [2.75, 3.05) is 7.05 Å². The second kappa shape index (κ2) is 5.85. The Bertz CT molecular complexity index is 625. The molecule has 1 aliphatic carbocycles. The van der Waals surface area contributed by atoms with Crippen molar-refractivity contribution >= 4 is 17.4 Å². The van der Waals surface area contributed by atoms with Crippen molar-refractivity contribution in [1.29, 1.82) is 0 Å². The molecule has 5 heteroatoms. The van der Waals surface area contributed by atoms with Crippen LogP contribution in [0.2, 0.25) is 0 Å². The minimum absolute atomic E-state index is 0.0240. The average molecular weight is 301 g/mol. The lowest BCUT2D eigenvalue weighted by atomic mass is 10.1. The highest BCUT2D eigenvalue weighted by Crippen LogP contribution is 2.40. The van der Waals surface area contributed by atoms with E-state index in [0.717, 1.165) is 17.1 Å². The molecule has 0 bridgehead atoms. The molecule has 1 aromatic carbocycles. The van der Waals surface area contributed by atoms with Crippen LogP contribution < -0.4 is 5.32 Å². The lowest BCUT2D eigenvalue weighted by Gasteiger charge is -2.17. The normalized spacial score (nSPS) is 20.1. The summed E-state index contributed by atoms with van der Waals surface area (Å²) in [5.74, 6) is 0.463. The molecular formula is C16H19N3OS. The van der Waals surface area contributed by atoms with Crippen molar-refractivity contribution in [2.24, 2.45) is 0 Å². The van der Waals surface area contributed by atoms with Crippen LogP contribution in [-0.2, 0) is 6.54 Å². The molecule has 2 amide bonds. The topological polar surface area (TPSA) is 45.2 Å². The molecule has 21 heavy (non-hydrogen) atoms. The van der Waals surface area contributed by atoms with E-state index in [1.807, 2.05) is 37.6 Å². The summed E-state index contributed by atoms with van der Waals surface area (Å²) >= 11 is 1.61. The van der Waals surface area contributed by atoms with Crippen molar-refractivity contribution < 1.29 is 4.79 Å². The van der Waals surface area contributed by atoms with E-state index in [4.69, 9.17) is 0 Å². The van der Waals surface area contributed by atoms with Gasteiger partial charge in [0, 0.05) is 24.4 Å². The fraction of sp³-hybridized carbons (Fsp3) is 0.375. The second-order valence-corrected chi connectivity index (χ2v) is 6.59. The number of amides is 2. The summed E-state index contributed by atoms with van der Waals surface area (Å²) in [6, 6.07) is 10.6. The Balaban J connectivity index is 1.51. The van der Waals surface area contributed by atoms with Crippen LogP contribution in [0.4, 0.5) is 4.79 Å². The third kappa shape index (κ3) is 3.42. The van der Waals surface area contributed by atoms with E-state index in [1.54, 1.807) is 16.2 Å². The van der Waals surface area contributed by atoms with Crippen molar-refractivity contribution in [2.45, 2.75) is 31.8 Å². The van der Waals surface area contributed by atoms with Gasteiger partial charge in [-0.15, -0.1) is 11.3 Å². The monoisotopic (exact) mass is 301 g/mol. The molecule has 1 fully saturated rings. The van der Waals surface area contributed by atoms with E-state index >= 15 is 0 Å². The van der Waals surface area contributed by atoms with E-state index in [9.17, 15) is 4.79 Å². The van der Waals surface area contributed by atoms with E-state index in [-0.39, 0.29) is 12.1 Å². The number of carbonyl (C=O) groups excluding carboxylic acids is 1. The van der Waals surface area contributed by atoms with Crippen LogP contribution >= 0.6 is 11.3 Å². The van der Waals surface area contributed by atoms with Crippen molar-refractivity contribution in [1.82, 2.24) is 15.2 Å². The molecule has 1 aliphatic rings. The Hall–Kier alpha value is -1.88. The fourth-order valence-electron chi connectivity index (χ4n) is 2.49. The molecule has 0 unspecified atom stereocenters. The zero-order valence-electron chi connectivity index (χ0n) is 12.2. The highest BCUT2D eigenvalue weighted by molar-refractivity contribution is 7.09. The number of rotatable bonds is 4.